The van der Waals surface area contributed by atoms with E-state index < -0.39 is 21.7 Å². The number of halogens is 2. The fraction of sp³-hybridized carbons (Fsp3) is 0.265. The highest BCUT2D eigenvalue weighted by Gasteiger charge is 2.26. The molecule has 0 aliphatic carbocycles. The molecule has 0 fully saturated rings. The lowest BCUT2D eigenvalue weighted by atomic mass is 9.96. The van der Waals surface area contributed by atoms with Crippen LogP contribution in [0.4, 0.5) is 8.78 Å². The molecular formula is C34H31F2N5O2S2. The van der Waals surface area contributed by atoms with Crippen LogP contribution >= 0.6 is 11.3 Å². The summed E-state index contributed by atoms with van der Waals surface area (Å²) in [6, 6.07) is 13.6. The third-order valence-corrected chi connectivity index (χ3v) is 10.5. The van der Waals surface area contributed by atoms with Gasteiger partial charge in [0.25, 0.3) is 0 Å². The fourth-order valence-electron chi connectivity index (χ4n) is 5.90. The molecule has 1 aliphatic rings. The van der Waals surface area contributed by atoms with Crippen LogP contribution in [0.15, 0.2) is 54.7 Å². The maximum atomic E-state index is 16.9. The minimum atomic E-state index is -3.28. The highest BCUT2D eigenvalue weighted by atomic mass is 32.2. The molecule has 6 rings (SSSR count). The van der Waals surface area contributed by atoms with Gasteiger partial charge < -0.3 is 0 Å². The van der Waals surface area contributed by atoms with Crippen molar-refractivity contribution in [2.45, 2.75) is 40.0 Å². The number of benzene rings is 2. The Balaban J connectivity index is 1.52. The number of aryl methyl sites for hydroxylation is 3. The SMILES string of the molecule is CCc1ccc(-c2nc(-c3ccc(F)cc3)c(C#N)s2)c(F)c1-c1c(CC)nc2c(C)cc(C3=CCN(S(C)(=O)=O)CC3)cn12. The van der Waals surface area contributed by atoms with Crippen molar-refractivity contribution in [2.24, 2.45) is 0 Å². The Morgan fingerprint density at radius 3 is 2.42 bits per heavy atom. The predicted octanol–water partition coefficient (Wildman–Crippen LogP) is 7.42. The normalized spacial score (nSPS) is 14.1. The van der Waals surface area contributed by atoms with Gasteiger partial charge in [0.1, 0.15) is 33.2 Å². The molecule has 0 amide bonds. The van der Waals surface area contributed by atoms with Crippen molar-refractivity contribution in [3.63, 3.8) is 0 Å². The summed E-state index contributed by atoms with van der Waals surface area (Å²) in [6.07, 6.45) is 6.85. The summed E-state index contributed by atoms with van der Waals surface area (Å²) in [5.41, 5.74) is 7.54. The first-order valence-corrected chi connectivity index (χ1v) is 17.4. The lowest BCUT2D eigenvalue weighted by molar-refractivity contribution is 0.446. The Bertz CT molecular complexity index is 2140. The van der Waals surface area contributed by atoms with Crippen LogP contribution in [-0.4, -0.2) is 46.4 Å². The molecule has 0 saturated carbocycles. The molecule has 1 aliphatic heterocycles. The largest absolute Gasteiger partial charge is 0.298 e. The Morgan fingerprint density at radius 1 is 1.04 bits per heavy atom. The highest BCUT2D eigenvalue weighted by molar-refractivity contribution is 7.88. The van der Waals surface area contributed by atoms with Gasteiger partial charge in [0.15, 0.2) is 0 Å². The number of thiazole rings is 1. The summed E-state index contributed by atoms with van der Waals surface area (Å²) in [6.45, 7) is 6.65. The van der Waals surface area contributed by atoms with E-state index in [0.717, 1.165) is 44.9 Å². The summed E-state index contributed by atoms with van der Waals surface area (Å²) < 4.78 is 58.0. The van der Waals surface area contributed by atoms with Crippen LogP contribution in [0.3, 0.4) is 0 Å². The smallest absolute Gasteiger partial charge is 0.211 e. The summed E-state index contributed by atoms with van der Waals surface area (Å²) >= 11 is 1.10. The van der Waals surface area contributed by atoms with Crippen molar-refractivity contribution in [3.8, 4) is 39.2 Å². The molecule has 230 valence electrons. The molecule has 0 unspecified atom stereocenters. The fourth-order valence-corrected chi connectivity index (χ4v) is 7.58. The van der Waals surface area contributed by atoms with Gasteiger partial charge in [0.05, 0.1) is 23.3 Å². The third-order valence-electron chi connectivity index (χ3n) is 8.25. The third kappa shape index (κ3) is 5.58. The maximum Gasteiger partial charge on any atom is 0.211 e. The minimum absolute atomic E-state index is 0.276. The van der Waals surface area contributed by atoms with Gasteiger partial charge in [-0.3, -0.25) is 4.40 Å². The van der Waals surface area contributed by atoms with E-state index in [1.807, 2.05) is 43.5 Å². The van der Waals surface area contributed by atoms with E-state index >= 15 is 4.39 Å². The molecule has 0 radical (unpaired) electrons. The quantitative estimate of drug-likeness (QED) is 0.184. The number of pyridine rings is 1. The molecule has 0 N–H and O–H groups in total. The maximum absolute atomic E-state index is 16.9. The predicted molar refractivity (Wildman–Crippen MR) is 174 cm³/mol. The van der Waals surface area contributed by atoms with Crippen molar-refractivity contribution >= 4 is 32.6 Å². The Labute approximate surface area is 265 Å². The van der Waals surface area contributed by atoms with E-state index in [2.05, 4.69) is 17.1 Å². The first kappa shape index (κ1) is 30.8. The van der Waals surface area contributed by atoms with Crippen LogP contribution in [0.25, 0.3) is 44.3 Å². The van der Waals surface area contributed by atoms with E-state index in [1.54, 1.807) is 18.2 Å². The Morgan fingerprint density at radius 2 is 1.80 bits per heavy atom. The Hall–Kier alpha value is -4.24. The average molecular weight is 644 g/mol. The number of nitriles is 1. The van der Waals surface area contributed by atoms with Gasteiger partial charge in [-0.25, -0.2) is 27.2 Å². The number of fused-ring (bicyclic) bond motifs is 1. The van der Waals surface area contributed by atoms with Gasteiger partial charge >= 0.3 is 0 Å². The number of sulfonamides is 1. The average Bonchev–Trinajstić information content (AvgIpc) is 3.63. The van der Waals surface area contributed by atoms with E-state index in [0.29, 0.717) is 64.8 Å². The standard InChI is InChI=1S/C34H31F2N5O2S2/c1-5-21-9-12-26(34-39-31(28(18-37)44-34)23-7-10-25(35)11-8-23)30(36)29(21)32-27(6-2)38-33-20(3)17-24(19-41(32)33)22-13-15-40(16-14-22)45(4,42)43/h7-13,17,19H,5-6,14-16H2,1-4H3. The monoisotopic (exact) mass is 643 g/mol. The summed E-state index contributed by atoms with van der Waals surface area (Å²) in [5, 5.41) is 10.2. The van der Waals surface area contributed by atoms with Crippen molar-refractivity contribution in [3.05, 3.63) is 93.6 Å². The van der Waals surface area contributed by atoms with Gasteiger partial charge in [0, 0.05) is 36.0 Å². The number of nitrogens with zero attached hydrogens (tertiary/aromatic N) is 5. The second-order valence-corrected chi connectivity index (χ2v) is 14.1. The number of aromatic nitrogens is 3. The molecule has 7 nitrogen and oxygen atoms in total. The van der Waals surface area contributed by atoms with Gasteiger partial charge in [-0.1, -0.05) is 26.0 Å². The zero-order chi connectivity index (χ0) is 32.0. The van der Waals surface area contributed by atoms with Gasteiger partial charge in [-0.05, 0) is 84.8 Å². The van der Waals surface area contributed by atoms with Crippen LogP contribution in [-0.2, 0) is 22.9 Å². The second-order valence-electron chi connectivity index (χ2n) is 11.1. The molecule has 0 saturated heterocycles. The van der Waals surface area contributed by atoms with Crippen LogP contribution in [0.2, 0.25) is 0 Å². The van der Waals surface area contributed by atoms with Gasteiger partial charge in [-0.15, -0.1) is 11.3 Å². The topological polar surface area (TPSA) is 91.4 Å². The molecule has 4 heterocycles. The zero-order valence-corrected chi connectivity index (χ0v) is 27.0. The van der Waals surface area contributed by atoms with Crippen LogP contribution in [0, 0.1) is 29.9 Å². The molecule has 45 heavy (non-hydrogen) atoms. The molecule has 3 aromatic heterocycles. The molecule has 2 aromatic carbocycles. The second kappa shape index (κ2) is 11.9. The zero-order valence-electron chi connectivity index (χ0n) is 25.4. The van der Waals surface area contributed by atoms with E-state index in [-0.39, 0.29) is 5.56 Å². The molecule has 11 heteroatoms. The van der Waals surface area contributed by atoms with Crippen LogP contribution in [0.5, 0.6) is 0 Å². The highest BCUT2D eigenvalue weighted by Crippen LogP contribution is 2.41. The molecular weight excluding hydrogens is 613 g/mol. The van der Waals surface area contributed by atoms with Gasteiger partial charge in [-0.2, -0.15) is 9.57 Å². The number of rotatable bonds is 7. The van der Waals surface area contributed by atoms with Crippen LogP contribution < -0.4 is 0 Å². The van der Waals surface area contributed by atoms with Crippen molar-refractivity contribution < 1.29 is 17.2 Å². The summed E-state index contributed by atoms with van der Waals surface area (Å²) in [5.74, 6) is -0.842. The van der Waals surface area contributed by atoms with Crippen LogP contribution in [0.1, 0.15) is 47.5 Å². The van der Waals surface area contributed by atoms with E-state index in [1.165, 1.54) is 22.7 Å². The number of imidazole rings is 1. The first-order valence-electron chi connectivity index (χ1n) is 14.7. The number of hydrogen-bond donors (Lipinski definition) is 0. The first-order chi connectivity index (χ1) is 21.5. The lowest BCUT2D eigenvalue weighted by Gasteiger charge is -2.24. The van der Waals surface area contributed by atoms with Gasteiger partial charge in [0.2, 0.25) is 10.0 Å². The molecule has 0 bridgehead atoms. The van der Waals surface area contributed by atoms with Crippen molar-refractivity contribution in [2.75, 3.05) is 19.3 Å². The summed E-state index contributed by atoms with van der Waals surface area (Å²) in [7, 11) is -3.28. The number of hydrogen-bond acceptors (Lipinski definition) is 6. The Kier molecular flexibility index (Phi) is 8.16. The van der Waals surface area contributed by atoms with Crippen molar-refractivity contribution in [1.82, 2.24) is 18.7 Å². The van der Waals surface area contributed by atoms with E-state index in [9.17, 15) is 18.1 Å². The van der Waals surface area contributed by atoms with E-state index in [4.69, 9.17) is 4.98 Å². The van der Waals surface area contributed by atoms with Crippen molar-refractivity contribution in [1.29, 1.82) is 5.26 Å². The molecule has 0 spiro atoms. The minimum Gasteiger partial charge on any atom is -0.298 e. The lowest BCUT2D eigenvalue weighted by Crippen LogP contribution is -2.33. The molecule has 5 aromatic rings. The summed E-state index contributed by atoms with van der Waals surface area (Å²) in [4.78, 5) is 9.92. The molecule has 0 atom stereocenters.